The second-order valence-corrected chi connectivity index (χ2v) is 10.9. The van der Waals surface area contributed by atoms with E-state index in [9.17, 15) is 18.3 Å². The number of nitrogens with zero attached hydrogens (tertiary/aromatic N) is 4. The van der Waals surface area contributed by atoms with Gasteiger partial charge in [-0.25, -0.2) is 18.0 Å². The van der Waals surface area contributed by atoms with Crippen LogP contribution < -0.4 is 5.56 Å². The maximum Gasteiger partial charge on any atom is 0.267 e. The molecule has 1 fully saturated rings. The Hall–Kier alpha value is -3.28. The SMILES string of the molecule is O=c1c2ccccc2c(C=Nc2cc(S(=O)(=O)N3CCOCC3)ccc2Cl)c(O)n1-c1ccc(Cl)cn1. The van der Waals surface area contributed by atoms with Crippen LogP contribution in [-0.4, -0.2) is 59.9 Å². The maximum atomic E-state index is 13.2. The zero-order valence-electron chi connectivity index (χ0n) is 19.2. The third kappa shape index (κ3) is 4.86. The summed E-state index contributed by atoms with van der Waals surface area (Å²) in [6.07, 6.45) is 2.71. The van der Waals surface area contributed by atoms with Gasteiger partial charge in [-0.15, -0.1) is 0 Å². The predicted octanol–water partition coefficient (Wildman–Crippen LogP) is 4.17. The molecule has 1 saturated heterocycles. The molecule has 4 aromatic rings. The van der Waals surface area contributed by atoms with Crippen LogP contribution in [-0.2, 0) is 14.8 Å². The first-order valence-electron chi connectivity index (χ1n) is 11.2. The number of rotatable bonds is 5. The van der Waals surface area contributed by atoms with Crippen LogP contribution in [0.3, 0.4) is 0 Å². The van der Waals surface area contributed by atoms with Crippen LogP contribution in [0.2, 0.25) is 10.0 Å². The summed E-state index contributed by atoms with van der Waals surface area (Å²) in [5, 5.41) is 12.5. The Morgan fingerprint density at radius 3 is 2.46 bits per heavy atom. The minimum absolute atomic E-state index is 0.0374. The lowest BCUT2D eigenvalue weighted by Gasteiger charge is -2.26. The molecular formula is C25H20Cl2N4O5S. The quantitative estimate of drug-likeness (QED) is 0.367. The molecule has 0 spiro atoms. The highest BCUT2D eigenvalue weighted by molar-refractivity contribution is 7.89. The summed E-state index contributed by atoms with van der Waals surface area (Å²) in [6, 6.07) is 14.1. The smallest absolute Gasteiger partial charge is 0.267 e. The molecule has 9 nitrogen and oxygen atoms in total. The third-order valence-electron chi connectivity index (χ3n) is 5.90. The number of hydrogen-bond donors (Lipinski definition) is 1. The van der Waals surface area contributed by atoms with Crippen molar-refractivity contribution < 1.29 is 18.3 Å². The Morgan fingerprint density at radius 2 is 1.76 bits per heavy atom. The molecule has 37 heavy (non-hydrogen) atoms. The first-order valence-corrected chi connectivity index (χ1v) is 13.4. The monoisotopic (exact) mass is 558 g/mol. The van der Waals surface area contributed by atoms with E-state index in [1.165, 1.54) is 41.0 Å². The van der Waals surface area contributed by atoms with Crippen molar-refractivity contribution in [3.8, 4) is 11.7 Å². The minimum Gasteiger partial charge on any atom is -0.494 e. The van der Waals surface area contributed by atoms with Crippen molar-refractivity contribution in [2.75, 3.05) is 26.3 Å². The molecule has 0 radical (unpaired) electrons. The predicted molar refractivity (Wildman–Crippen MR) is 142 cm³/mol. The fraction of sp³-hybridized carbons (Fsp3) is 0.160. The minimum atomic E-state index is -3.77. The van der Waals surface area contributed by atoms with Gasteiger partial charge in [0.25, 0.3) is 5.56 Å². The first kappa shape index (κ1) is 25.4. The van der Waals surface area contributed by atoms with Gasteiger partial charge in [0.1, 0.15) is 5.82 Å². The zero-order valence-corrected chi connectivity index (χ0v) is 21.5. The first-order chi connectivity index (χ1) is 17.8. The highest BCUT2D eigenvalue weighted by Gasteiger charge is 2.27. The Bertz CT molecular complexity index is 1680. The fourth-order valence-corrected chi connectivity index (χ4v) is 5.73. The molecule has 3 heterocycles. The average molecular weight is 559 g/mol. The maximum absolute atomic E-state index is 13.2. The molecule has 0 atom stereocenters. The highest BCUT2D eigenvalue weighted by Crippen LogP contribution is 2.31. The summed E-state index contributed by atoms with van der Waals surface area (Å²) in [7, 11) is -3.77. The van der Waals surface area contributed by atoms with Gasteiger partial charge in [0, 0.05) is 36.3 Å². The molecule has 2 aromatic heterocycles. The molecule has 12 heteroatoms. The summed E-state index contributed by atoms with van der Waals surface area (Å²) in [4.78, 5) is 21.8. The lowest BCUT2D eigenvalue weighted by Crippen LogP contribution is -2.40. The molecule has 1 N–H and O–H groups in total. The van der Waals surface area contributed by atoms with Crippen LogP contribution in [0.4, 0.5) is 5.69 Å². The standard InChI is InChI=1S/C25H20Cl2N4O5S/c26-16-5-8-23(29-14-16)31-24(32)19-4-2-1-3-18(19)20(25(31)33)15-28-22-13-17(6-7-21(22)27)37(34,35)30-9-11-36-12-10-30/h1-8,13-15,33H,9-12H2. The van der Waals surface area contributed by atoms with E-state index in [1.54, 1.807) is 30.3 Å². The molecule has 0 bridgehead atoms. The van der Waals surface area contributed by atoms with Gasteiger partial charge in [-0.3, -0.25) is 9.79 Å². The summed E-state index contributed by atoms with van der Waals surface area (Å²) < 4.78 is 33.9. The van der Waals surface area contributed by atoms with E-state index in [1.807, 2.05) is 0 Å². The van der Waals surface area contributed by atoms with Crippen LogP contribution in [0.25, 0.3) is 16.6 Å². The van der Waals surface area contributed by atoms with Crippen molar-refractivity contribution >= 4 is 55.9 Å². The van der Waals surface area contributed by atoms with Crippen LogP contribution >= 0.6 is 23.2 Å². The van der Waals surface area contributed by atoms with Gasteiger partial charge in [-0.2, -0.15) is 4.31 Å². The summed E-state index contributed by atoms with van der Waals surface area (Å²) in [5.74, 6) is -0.223. The number of aromatic hydroxyl groups is 1. The van der Waals surface area contributed by atoms with Gasteiger partial charge in [0.2, 0.25) is 15.9 Å². The summed E-state index contributed by atoms with van der Waals surface area (Å²) in [6.45, 7) is 1.15. The Morgan fingerprint density at radius 1 is 1.03 bits per heavy atom. The molecule has 0 saturated carbocycles. The van der Waals surface area contributed by atoms with Crippen molar-refractivity contribution in [1.29, 1.82) is 0 Å². The van der Waals surface area contributed by atoms with Crippen molar-refractivity contribution in [2.45, 2.75) is 4.90 Å². The number of morpholine rings is 1. The van der Waals surface area contributed by atoms with E-state index < -0.39 is 21.5 Å². The van der Waals surface area contributed by atoms with Crippen molar-refractivity contribution in [3.63, 3.8) is 0 Å². The number of fused-ring (bicyclic) bond motifs is 1. The molecule has 0 amide bonds. The molecule has 5 rings (SSSR count). The molecule has 1 aliphatic heterocycles. The third-order valence-corrected chi connectivity index (χ3v) is 8.34. The van der Waals surface area contributed by atoms with E-state index >= 15 is 0 Å². The second kappa shape index (κ2) is 10.2. The van der Waals surface area contributed by atoms with Gasteiger partial charge in [0.05, 0.1) is 39.4 Å². The van der Waals surface area contributed by atoms with E-state index in [0.29, 0.717) is 29.0 Å². The Balaban J connectivity index is 1.62. The van der Waals surface area contributed by atoms with Crippen LogP contribution in [0.15, 0.2) is 75.5 Å². The topological polar surface area (TPSA) is 114 Å². The van der Waals surface area contributed by atoms with E-state index in [4.69, 9.17) is 27.9 Å². The number of halogens is 2. The fourth-order valence-electron chi connectivity index (χ4n) is 4.02. The number of aliphatic imine (C=N–C) groups is 1. The molecule has 0 unspecified atom stereocenters. The van der Waals surface area contributed by atoms with Gasteiger partial charge in [-0.1, -0.05) is 41.4 Å². The van der Waals surface area contributed by atoms with Crippen molar-refractivity contribution in [1.82, 2.24) is 13.9 Å². The Labute approximate surface area is 222 Å². The average Bonchev–Trinajstić information content (AvgIpc) is 2.91. The van der Waals surface area contributed by atoms with Crippen molar-refractivity contribution in [3.05, 3.63) is 86.8 Å². The highest BCUT2D eigenvalue weighted by atomic mass is 35.5. The molecule has 0 aliphatic carbocycles. The molecule has 2 aromatic carbocycles. The van der Waals surface area contributed by atoms with E-state index in [2.05, 4.69) is 9.98 Å². The van der Waals surface area contributed by atoms with Gasteiger partial charge < -0.3 is 9.84 Å². The lowest BCUT2D eigenvalue weighted by atomic mass is 10.1. The molecule has 190 valence electrons. The van der Waals surface area contributed by atoms with Crippen molar-refractivity contribution in [2.24, 2.45) is 4.99 Å². The number of benzene rings is 2. The van der Waals surface area contributed by atoms with Crippen LogP contribution in [0.1, 0.15) is 5.56 Å². The van der Waals surface area contributed by atoms with E-state index in [0.717, 1.165) is 4.57 Å². The Kier molecular flexibility index (Phi) is 7.02. The lowest BCUT2D eigenvalue weighted by molar-refractivity contribution is 0.0730. The van der Waals surface area contributed by atoms with E-state index in [-0.39, 0.29) is 40.1 Å². The normalized spacial score (nSPS) is 15.0. The molecular weight excluding hydrogens is 539 g/mol. The number of pyridine rings is 2. The number of aromatic nitrogens is 2. The van der Waals surface area contributed by atoms with Gasteiger partial charge in [0.15, 0.2) is 0 Å². The largest absolute Gasteiger partial charge is 0.494 e. The van der Waals surface area contributed by atoms with Gasteiger partial charge in [-0.05, 0) is 36.4 Å². The number of hydrogen-bond acceptors (Lipinski definition) is 7. The summed E-state index contributed by atoms with van der Waals surface area (Å²) >= 11 is 12.3. The summed E-state index contributed by atoms with van der Waals surface area (Å²) in [5.41, 5.74) is -0.0667. The van der Waals surface area contributed by atoms with Crippen LogP contribution in [0.5, 0.6) is 5.88 Å². The molecule has 1 aliphatic rings. The zero-order chi connectivity index (χ0) is 26.2. The number of ether oxygens (including phenoxy) is 1. The number of sulfonamides is 1. The van der Waals surface area contributed by atoms with Gasteiger partial charge >= 0.3 is 0 Å². The van der Waals surface area contributed by atoms with Crippen LogP contribution in [0, 0.1) is 0 Å². The second-order valence-electron chi connectivity index (χ2n) is 8.15.